The number of aliphatic hydroxyl groups is 1. The number of anilines is 2. The molecule has 1 aliphatic rings. The predicted molar refractivity (Wildman–Crippen MR) is 165 cm³/mol. The summed E-state index contributed by atoms with van der Waals surface area (Å²) >= 11 is 1.56. The van der Waals surface area contributed by atoms with Gasteiger partial charge in [0.15, 0.2) is 29.6 Å². The molecule has 246 valence electrons. The van der Waals surface area contributed by atoms with E-state index >= 15 is 0 Å². The average Bonchev–Trinajstić information content (AvgIpc) is 3.07. The minimum Gasteiger partial charge on any atom is -0.392 e. The van der Waals surface area contributed by atoms with Gasteiger partial charge in [-0.25, -0.2) is 22.0 Å². The van der Waals surface area contributed by atoms with Crippen molar-refractivity contribution in [2.75, 3.05) is 16.4 Å². The lowest BCUT2D eigenvalue weighted by Crippen LogP contribution is -2.38. The summed E-state index contributed by atoms with van der Waals surface area (Å²) in [6.07, 6.45) is -1.60. The molecule has 47 heavy (non-hydrogen) atoms. The third-order valence-corrected chi connectivity index (χ3v) is 8.69. The van der Waals surface area contributed by atoms with Gasteiger partial charge in [-0.3, -0.25) is 9.59 Å². The molecule has 5 rings (SSSR count). The van der Waals surface area contributed by atoms with Crippen LogP contribution < -0.4 is 10.6 Å². The third kappa shape index (κ3) is 7.65. The zero-order valence-electron chi connectivity index (χ0n) is 25.0. The number of aliphatic hydroxyl groups excluding tert-OH is 1. The van der Waals surface area contributed by atoms with E-state index in [4.69, 9.17) is 9.47 Å². The molecule has 1 heterocycles. The summed E-state index contributed by atoms with van der Waals surface area (Å²) in [6.45, 7) is 3.32. The summed E-state index contributed by atoms with van der Waals surface area (Å²) in [6, 6.07) is 20.6. The zero-order chi connectivity index (χ0) is 33.8. The number of thioether (sulfide) groups is 1. The fourth-order valence-corrected chi connectivity index (χ4v) is 6.11. The Morgan fingerprint density at radius 2 is 1.28 bits per heavy atom. The predicted octanol–water partition coefficient (Wildman–Crippen LogP) is 7.67. The Hall–Kier alpha value is -4.30. The number of hydrogen-bond donors (Lipinski definition) is 3. The minimum absolute atomic E-state index is 0.0258. The normalized spacial score (nSPS) is 19.3. The van der Waals surface area contributed by atoms with Crippen LogP contribution in [0.3, 0.4) is 0 Å². The lowest BCUT2D eigenvalue weighted by atomic mass is 9.91. The van der Waals surface area contributed by atoms with Gasteiger partial charge in [-0.2, -0.15) is 0 Å². The highest BCUT2D eigenvalue weighted by Crippen LogP contribution is 2.43. The van der Waals surface area contributed by atoms with E-state index in [2.05, 4.69) is 10.6 Å². The maximum absolute atomic E-state index is 14.1. The minimum atomic E-state index is -2.36. The molecule has 0 spiro atoms. The van der Waals surface area contributed by atoms with Crippen LogP contribution >= 0.6 is 11.8 Å². The highest BCUT2D eigenvalue weighted by molar-refractivity contribution is 7.99. The van der Waals surface area contributed by atoms with E-state index in [1.807, 2.05) is 31.2 Å². The Morgan fingerprint density at radius 1 is 0.745 bits per heavy atom. The second-order valence-corrected chi connectivity index (χ2v) is 12.0. The average molecular weight is 673 g/mol. The number of carbonyl (C=O) groups excluding carboxylic acids is 2. The molecule has 0 bridgehead atoms. The van der Waals surface area contributed by atoms with E-state index in [-0.39, 0.29) is 30.2 Å². The van der Waals surface area contributed by atoms with Crippen molar-refractivity contribution in [3.63, 3.8) is 0 Å². The quantitative estimate of drug-likeness (QED) is 0.0731. The van der Waals surface area contributed by atoms with Gasteiger partial charge < -0.3 is 25.2 Å². The van der Waals surface area contributed by atoms with E-state index in [1.165, 1.54) is 19.1 Å². The Bertz CT molecular complexity index is 1730. The number of carbonyl (C=O) groups is 2. The molecule has 1 saturated heterocycles. The first-order chi connectivity index (χ1) is 22.5. The summed E-state index contributed by atoms with van der Waals surface area (Å²) in [5, 5.41) is 14.4. The molecule has 4 aromatic rings. The second kappa shape index (κ2) is 14.6. The molecule has 0 radical (unpaired) electrons. The third-order valence-electron chi connectivity index (χ3n) is 7.59. The van der Waals surface area contributed by atoms with E-state index in [0.29, 0.717) is 17.0 Å². The van der Waals surface area contributed by atoms with Crippen LogP contribution in [0.4, 0.5) is 33.3 Å². The number of nitrogens with one attached hydrogen (secondary N) is 2. The van der Waals surface area contributed by atoms with Gasteiger partial charge in [0, 0.05) is 40.4 Å². The molecular formula is C34H29F5N2O5S. The molecule has 0 saturated carbocycles. The van der Waals surface area contributed by atoms with Crippen LogP contribution in [0.2, 0.25) is 0 Å². The molecule has 2 amide bonds. The number of hydrogen-bond acceptors (Lipinski definition) is 6. The molecule has 1 aliphatic heterocycles. The molecular weight excluding hydrogens is 643 g/mol. The van der Waals surface area contributed by atoms with Gasteiger partial charge in [-0.15, -0.1) is 11.8 Å². The van der Waals surface area contributed by atoms with Crippen molar-refractivity contribution in [2.45, 2.75) is 43.8 Å². The monoisotopic (exact) mass is 672 g/mol. The largest absolute Gasteiger partial charge is 0.392 e. The van der Waals surface area contributed by atoms with Gasteiger partial charge in [0.05, 0.1) is 18.8 Å². The summed E-state index contributed by atoms with van der Waals surface area (Å²) in [4.78, 5) is 24.8. The lowest BCUT2D eigenvalue weighted by Gasteiger charge is -2.41. The number of amides is 2. The van der Waals surface area contributed by atoms with Gasteiger partial charge in [-0.1, -0.05) is 43.3 Å². The Morgan fingerprint density at radius 3 is 1.85 bits per heavy atom. The van der Waals surface area contributed by atoms with Crippen molar-refractivity contribution in [3.05, 3.63) is 124 Å². The topological polar surface area (TPSA) is 96.9 Å². The highest BCUT2D eigenvalue weighted by Gasteiger charge is 2.38. The molecule has 0 aromatic heterocycles. The van der Waals surface area contributed by atoms with Gasteiger partial charge in [0.1, 0.15) is 5.56 Å². The standard InChI is InChI=1S/C34H29F5N2O5S/c1-17-25(16-47-24-13-11-22(12-14-24)40-18(2)43)45-34(46-32(17)20-5-3-19(15-42)4-6-20)21-7-9-23(10-8-21)41-33(44)26-27(35)29(37)31(39)30(38)28(26)36/h3-14,17,25,32,34,42H,15-16H2,1-2H3,(H,40,43)(H,41,44)/t17-,25+,32+,34+/m0/s1. The first-order valence-electron chi connectivity index (χ1n) is 14.4. The van der Waals surface area contributed by atoms with Crippen LogP contribution in [-0.4, -0.2) is 28.8 Å². The molecule has 4 aromatic carbocycles. The van der Waals surface area contributed by atoms with E-state index < -0.39 is 53.0 Å². The van der Waals surface area contributed by atoms with Crippen molar-refractivity contribution < 1.29 is 46.1 Å². The zero-order valence-corrected chi connectivity index (χ0v) is 25.8. The van der Waals surface area contributed by atoms with Crippen molar-refractivity contribution in [2.24, 2.45) is 5.92 Å². The SMILES string of the molecule is CC(=O)Nc1ccc(SC[C@H]2O[C@@H](c3ccc(NC(=O)c4c(F)c(F)c(F)c(F)c4F)cc3)O[C@@H](c3ccc(CO)cc3)[C@H]2C)cc1. The van der Waals surface area contributed by atoms with E-state index in [1.54, 1.807) is 48.2 Å². The van der Waals surface area contributed by atoms with Gasteiger partial charge in [-0.05, 0) is 47.5 Å². The van der Waals surface area contributed by atoms with Gasteiger partial charge in [0.25, 0.3) is 5.91 Å². The van der Waals surface area contributed by atoms with Gasteiger partial charge in [0.2, 0.25) is 11.7 Å². The van der Waals surface area contributed by atoms with Crippen LogP contribution in [-0.2, 0) is 20.9 Å². The van der Waals surface area contributed by atoms with Crippen molar-refractivity contribution in [1.82, 2.24) is 0 Å². The molecule has 13 heteroatoms. The molecule has 0 aliphatic carbocycles. The molecule has 0 unspecified atom stereocenters. The fraction of sp³-hybridized carbons (Fsp3) is 0.235. The maximum atomic E-state index is 14.1. The Labute approximate surface area is 271 Å². The van der Waals surface area contributed by atoms with Crippen molar-refractivity contribution in [3.8, 4) is 0 Å². The Balaban J connectivity index is 1.35. The number of ether oxygens (including phenoxy) is 2. The maximum Gasteiger partial charge on any atom is 0.261 e. The van der Waals surface area contributed by atoms with Crippen LogP contribution in [0.5, 0.6) is 0 Å². The van der Waals surface area contributed by atoms with Crippen molar-refractivity contribution >= 4 is 35.0 Å². The summed E-state index contributed by atoms with van der Waals surface area (Å²) in [7, 11) is 0. The van der Waals surface area contributed by atoms with E-state index in [9.17, 15) is 36.6 Å². The molecule has 7 nitrogen and oxygen atoms in total. The molecule has 4 atom stereocenters. The number of rotatable bonds is 9. The molecule has 1 fully saturated rings. The summed E-state index contributed by atoms with van der Waals surface area (Å²) in [5.74, 6) is -12.5. The van der Waals surface area contributed by atoms with Gasteiger partial charge >= 0.3 is 0 Å². The fourth-order valence-electron chi connectivity index (χ4n) is 5.05. The first kappa shape index (κ1) is 34.0. The van der Waals surface area contributed by atoms with Crippen LogP contribution in [0.15, 0.2) is 77.7 Å². The van der Waals surface area contributed by atoms with E-state index in [0.717, 1.165) is 16.0 Å². The smallest absolute Gasteiger partial charge is 0.261 e. The number of benzene rings is 4. The Kier molecular flexibility index (Phi) is 10.6. The summed E-state index contributed by atoms with van der Waals surface area (Å²) in [5.41, 5.74) is 1.25. The lowest BCUT2D eigenvalue weighted by molar-refractivity contribution is -0.268. The number of halogens is 5. The first-order valence-corrected chi connectivity index (χ1v) is 15.4. The summed E-state index contributed by atoms with van der Waals surface area (Å²) < 4.78 is 81.7. The highest BCUT2D eigenvalue weighted by atomic mass is 32.2. The van der Waals surface area contributed by atoms with Crippen LogP contribution in [0.25, 0.3) is 0 Å². The second-order valence-electron chi connectivity index (χ2n) is 10.9. The van der Waals surface area contributed by atoms with Crippen LogP contribution in [0, 0.1) is 35.0 Å². The molecule has 3 N–H and O–H groups in total. The van der Waals surface area contributed by atoms with Crippen LogP contribution in [0.1, 0.15) is 53.3 Å². The van der Waals surface area contributed by atoms with Crippen molar-refractivity contribution in [1.29, 1.82) is 0 Å².